The summed E-state index contributed by atoms with van der Waals surface area (Å²) in [5.41, 5.74) is 1.02. The lowest BCUT2D eigenvalue weighted by Crippen LogP contribution is -2.58. The number of ether oxygens (including phenoxy) is 1. The predicted octanol–water partition coefficient (Wildman–Crippen LogP) is 1.91. The molecule has 3 aliphatic rings. The average molecular weight is 450 g/mol. The van der Waals surface area contributed by atoms with Crippen molar-refractivity contribution in [2.24, 2.45) is 11.8 Å². The molecule has 0 amide bonds. The Bertz CT molecular complexity index is 953. The fraction of sp³-hybridized carbons (Fsp3) is 0.524. The first-order chi connectivity index (χ1) is 14.5. The van der Waals surface area contributed by atoms with Gasteiger partial charge in [0.1, 0.15) is 9.96 Å². The lowest BCUT2D eigenvalue weighted by Gasteiger charge is -2.43. The molecule has 1 aromatic heterocycles. The van der Waals surface area contributed by atoms with Crippen LogP contribution in [0.5, 0.6) is 5.75 Å². The standard InChI is InChI=1S/C21H27N3O4S2/c25-20-5-3-18(4-6-20)24-8-7-23(30(26,27)21-2-1-9-29-21)13-19(24)12-22-10-16-14-28-15-17(16)11-22/h1-6,9,16-17,19,25H,7-8,10-15H2/t16-,17+,19-/m0/s1. The summed E-state index contributed by atoms with van der Waals surface area (Å²) in [6.07, 6.45) is 0. The van der Waals surface area contributed by atoms with Crippen molar-refractivity contribution in [3.8, 4) is 5.75 Å². The molecule has 30 heavy (non-hydrogen) atoms. The van der Waals surface area contributed by atoms with Crippen LogP contribution in [0.4, 0.5) is 5.69 Å². The van der Waals surface area contributed by atoms with E-state index >= 15 is 0 Å². The molecule has 0 radical (unpaired) electrons. The number of sulfonamides is 1. The van der Waals surface area contributed by atoms with E-state index in [2.05, 4.69) is 9.80 Å². The van der Waals surface area contributed by atoms with Gasteiger partial charge in [0.2, 0.25) is 0 Å². The number of phenolic OH excluding ortho intramolecular Hbond substituents is 1. The van der Waals surface area contributed by atoms with Gasteiger partial charge in [-0.1, -0.05) is 6.07 Å². The molecule has 3 aliphatic heterocycles. The summed E-state index contributed by atoms with van der Waals surface area (Å²) in [6.45, 7) is 6.08. The van der Waals surface area contributed by atoms with E-state index in [9.17, 15) is 13.5 Å². The maximum atomic E-state index is 13.1. The van der Waals surface area contributed by atoms with Gasteiger partial charge in [-0.15, -0.1) is 11.3 Å². The molecule has 3 fully saturated rings. The van der Waals surface area contributed by atoms with E-state index in [0.717, 1.165) is 38.5 Å². The molecule has 2 aromatic rings. The summed E-state index contributed by atoms with van der Waals surface area (Å²) in [7, 11) is -3.47. The highest BCUT2D eigenvalue weighted by Gasteiger charge is 2.40. The van der Waals surface area contributed by atoms with Gasteiger partial charge in [0, 0.05) is 56.8 Å². The zero-order chi connectivity index (χ0) is 20.7. The maximum absolute atomic E-state index is 13.1. The van der Waals surface area contributed by atoms with Crippen molar-refractivity contribution < 1.29 is 18.3 Å². The molecule has 3 saturated heterocycles. The molecule has 7 nitrogen and oxygen atoms in total. The minimum atomic E-state index is -3.47. The smallest absolute Gasteiger partial charge is 0.252 e. The monoisotopic (exact) mass is 449 g/mol. The Morgan fingerprint density at radius 2 is 1.77 bits per heavy atom. The molecule has 3 atom stereocenters. The summed E-state index contributed by atoms with van der Waals surface area (Å²) in [5.74, 6) is 1.44. The molecular formula is C21H27N3O4S2. The molecule has 9 heteroatoms. The van der Waals surface area contributed by atoms with Gasteiger partial charge >= 0.3 is 0 Å². The van der Waals surface area contributed by atoms with Crippen molar-refractivity contribution >= 4 is 27.0 Å². The number of phenols is 1. The van der Waals surface area contributed by atoms with Gasteiger partial charge in [-0.05, 0) is 35.7 Å². The van der Waals surface area contributed by atoms with Crippen molar-refractivity contribution in [2.75, 3.05) is 57.4 Å². The van der Waals surface area contributed by atoms with Gasteiger partial charge in [-0.2, -0.15) is 4.31 Å². The first kappa shape index (κ1) is 20.3. The number of piperazine rings is 1. The van der Waals surface area contributed by atoms with Gasteiger partial charge in [0.15, 0.2) is 0 Å². The zero-order valence-corrected chi connectivity index (χ0v) is 18.4. The average Bonchev–Trinajstić information content (AvgIpc) is 3.47. The Balaban J connectivity index is 1.37. The second-order valence-corrected chi connectivity index (χ2v) is 11.5. The molecule has 162 valence electrons. The number of hydrogen-bond acceptors (Lipinski definition) is 7. The maximum Gasteiger partial charge on any atom is 0.252 e. The van der Waals surface area contributed by atoms with Crippen LogP contribution in [0.25, 0.3) is 0 Å². The van der Waals surface area contributed by atoms with Gasteiger partial charge in [0.25, 0.3) is 10.0 Å². The molecule has 0 aliphatic carbocycles. The lowest BCUT2D eigenvalue weighted by molar-refractivity contribution is 0.149. The van der Waals surface area contributed by atoms with Crippen LogP contribution in [0.2, 0.25) is 0 Å². The van der Waals surface area contributed by atoms with Gasteiger partial charge < -0.3 is 19.6 Å². The van der Waals surface area contributed by atoms with E-state index in [4.69, 9.17) is 4.74 Å². The molecule has 0 bridgehead atoms. The molecule has 1 N–H and O–H groups in total. The molecule has 4 heterocycles. The zero-order valence-electron chi connectivity index (χ0n) is 16.8. The third-order valence-electron chi connectivity index (χ3n) is 6.50. The van der Waals surface area contributed by atoms with E-state index < -0.39 is 10.0 Å². The van der Waals surface area contributed by atoms with Crippen molar-refractivity contribution in [3.05, 3.63) is 41.8 Å². The van der Waals surface area contributed by atoms with Gasteiger partial charge in [0.05, 0.1) is 19.3 Å². The molecule has 1 aromatic carbocycles. The topological polar surface area (TPSA) is 73.3 Å². The Labute approximate surface area is 181 Å². The minimum Gasteiger partial charge on any atom is -0.508 e. The number of anilines is 1. The van der Waals surface area contributed by atoms with Crippen LogP contribution in [-0.4, -0.2) is 81.3 Å². The van der Waals surface area contributed by atoms with Crippen LogP contribution in [0.1, 0.15) is 0 Å². The minimum absolute atomic E-state index is 0.0535. The Morgan fingerprint density at radius 3 is 2.43 bits per heavy atom. The van der Waals surface area contributed by atoms with Gasteiger partial charge in [-0.25, -0.2) is 8.42 Å². The SMILES string of the molecule is O=S(=O)(c1cccs1)N1CCN(c2ccc(O)cc2)[C@@H](CN2C[C@H]3COC[C@H]3C2)C1. The van der Waals surface area contributed by atoms with Crippen LogP contribution in [0, 0.1) is 11.8 Å². The highest BCUT2D eigenvalue weighted by atomic mass is 32.2. The number of fused-ring (bicyclic) bond motifs is 1. The molecule has 5 rings (SSSR count). The van der Waals surface area contributed by atoms with Crippen LogP contribution in [0.3, 0.4) is 0 Å². The third-order valence-corrected chi connectivity index (χ3v) is 9.74. The Morgan fingerprint density at radius 1 is 1.03 bits per heavy atom. The normalized spacial score (nSPS) is 28.1. The highest BCUT2D eigenvalue weighted by molar-refractivity contribution is 7.91. The van der Waals surface area contributed by atoms with E-state index in [1.165, 1.54) is 11.3 Å². The van der Waals surface area contributed by atoms with Gasteiger partial charge in [-0.3, -0.25) is 0 Å². The quantitative estimate of drug-likeness (QED) is 0.752. The number of nitrogens with zero attached hydrogens (tertiary/aromatic N) is 3. The van der Waals surface area contributed by atoms with Crippen molar-refractivity contribution in [3.63, 3.8) is 0 Å². The first-order valence-electron chi connectivity index (χ1n) is 10.4. The molecule has 0 spiro atoms. The summed E-state index contributed by atoms with van der Waals surface area (Å²) in [5, 5.41) is 11.5. The number of aromatic hydroxyl groups is 1. The van der Waals surface area contributed by atoms with Crippen LogP contribution < -0.4 is 4.90 Å². The highest BCUT2D eigenvalue weighted by Crippen LogP contribution is 2.32. The van der Waals surface area contributed by atoms with E-state index in [1.807, 2.05) is 17.5 Å². The largest absolute Gasteiger partial charge is 0.508 e. The van der Waals surface area contributed by atoms with Crippen LogP contribution in [0.15, 0.2) is 46.0 Å². The number of hydrogen-bond donors (Lipinski definition) is 1. The first-order valence-corrected chi connectivity index (χ1v) is 12.7. The van der Waals surface area contributed by atoms with E-state index in [1.54, 1.807) is 28.6 Å². The predicted molar refractivity (Wildman–Crippen MR) is 117 cm³/mol. The van der Waals surface area contributed by atoms with Crippen molar-refractivity contribution in [2.45, 2.75) is 10.3 Å². The Hall–Kier alpha value is -1.65. The Kier molecular flexibility index (Phi) is 5.49. The summed E-state index contributed by atoms with van der Waals surface area (Å²) < 4.78 is 33.9. The second kappa shape index (κ2) is 8.12. The van der Waals surface area contributed by atoms with Crippen LogP contribution in [-0.2, 0) is 14.8 Å². The van der Waals surface area contributed by atoms with Crippen molar-refractivity contribution in [1.82, 2.24) is 9.21 Å². The lowest BCUT2D eigenvalue weighted by atomic mass is 10.0. The van der Waals surface area contributed by atoms with Crippen LogP contribution >= 0.6 is 11.3 Å². The number of thiophene rings is 1. The number of likely N-dealkylation sites (tertiary alicyclic amines) is 1. The summed E-state index contributed by atoms with van der Waals surface area (Å²) in [4.78, 5) is 4.77. The molecule has 0 unspecified atom stereocenters. The number of rotatable bonds is 5. The fourth-order valence-electron chi connectivity index (χ4n) is 4.95. The molecule has 0 saturated carbocycles. The summed E-state index contributed by atoms with van der Waals surface area (Å²) >= 11 is 1.27. The molecular weight excluding hydrogens is 422 g/mol. The van der Waals surface area contributed by atoms with E-state index in [0.29, 0.717) is 35.7 Å². The summed E-state index contributed by atoms with van der Waals surface area (Å²) in [6, 6.07) is 10.7. The fourth-order valence-corrected chi connectivity index (χ4v) is 7.57. The third kappa shape index (κ3) is 3.85. The van der Waals surface area contributed by atoms with Crippen molar-refractivity contribution in [1.29, 1.82) is 0 Å². The second-order valence-electron chi connectivity index (χ2n) is 8.43. The number of benzene rings is 1. The van der Waals surface area contributed by atoms with E-state index in [-0.39, 0.29) is 11.8 Å².